The van der Waals surface area contributed by atoms with Gasteiger partial charge in [-0.15, -0.1) is 0 Å². The van der Waals surface area contributed by atoms with Crippen molar-refractivity contribution in [2.24, 2.45) is 0 Å². The van der Waals surface area contributed by atoms with Crippen LogP contribution in [-0.4, -0.2) is 19.6 Å². The molecule has 1 amide bonds. The molecule has 2 rings (SSSR count). The van der Waals surface area contributed by atoms with Crippen LogP contribution in [-0.2, 0) is 6.42 Å². The second kappa shape index (κ2) is 3.09. The van der Waals surface area contributed by atoms with Crippen LogP contribution >= 0.6 is 0 Å². The Hall–Kier alpha value is -1.51. The van der Waals surface area contributed by atoms with E-state index in [1.54, 1.807) is 7.05 Å². The van der Waals surface area contributed by atoms with E-state index >= 15 is 0 Å². The molecule has 0 unspecified atom stereocenters. The van der Waals surface area contributed by atoms with Crippen LogP contribution in [0.25, 0.3) is 0 Å². The van der Waals surface area contributed by atoms with Crippen molar-refractivity contribution < 1.29 is 9.53 Å². The third kappa shape index (κ3) is 1.26. The van der Waals surface area contributed by atoms with Gasteiger partial charge in [0.2, 0.25) is 0 Å². The molecule has 3 nitrogen and oxygen atoms in total. The minimum absolute atomic E-state index is 0.0395. The average molecular weight is 177 g/mol. The van der Waals surface area contributed by atoms with E-state index < -0.39 is 0 Å². The SMILES string of the molecule is CNC(=O)c1cccc2c1CCO2. The number of hydrogen-bond acceptors (Lipinski definition) is 2. The number of hydrogen-bond donors (Lipinski definition) is 1. The third-order valence-corrected chi connectivity index (χ3v) is 2.21. The second-order valence-electron chi connectivity index (χ2n) is 2.96. The lowest BCUT2D eigenvalue weighted by molar-refractivity contribution is 0.0962. The van der Waals surface area contributed by atoms with Gasteiger partial charge in [0.25, 0.3) is 5.91 Å². The van der Waals surface area contributed by atoms with Gasteiger partial charge in [-0.3, -0.25) is 4.79 Å². The molecule has 13 heavy (non-hydrogen) atoms. The fraction of sp³-hybridized carbons (Fsp3) is 0.300. The van der Waals surface area contributed by atoms with E-state index in [1.165, 1.54) is 0 Å². The highest BCUT2D eigenvalue weighted by Gasteiger charge is 2.18. The Kier molecular flexibility index (Phi) is 1.93. The van der Waals surface area contributed by atoms with Gasteiger partial charge in [0.15, 0.2) is 0 Å². The first-order valence-electron chi connectivity index (χ1n) is 4.29. The van der Waals surface area contributed by atoms with E-state index in [1.807, 2.05) is 18.2 Å². The summed E-state index contributed by atoms with van der Waals surface area (Å²) in [6.45, 7) is 0.684. The van der Waals surface area contributed by atoms with Crippen LogP contribution in [0.5, 0.6) is 5.75 Å². The molecule has 0 aliphatic carbocycles. The van der Waals surface area contributed by atoms with Crippen LogP contribution in [0.1, 0.15) is 15.9 Å². The molecule has 0 saturated carbocycles. The molecular weight excluding hydrogens is 166 g/mol. The standard InChI is InChI=1S/C10H11NO2/c1-11-10(12)8-3-2-4-9-7(8)5-6-13-9/h2-4H,5-6H2,1H3,(H,11,12). The molecule has 3 heteroatoms. The first-order valence-corrected chi connectivity index (χ1v) is 4.29. The Balaban J connectivity index is 2.47. The van der Waals surface area contributed by atoms with Crippen molar-refractivity contribution in [3.05, 3.63) is 29.3 Å². The summed E-state index contributed by atoms with van der Waals surface area (Å²) >= 11 is 0. The van der Waals surface area contributed by atoms with Gasteiger partial charge in [0, 0.05) is 24.6 Å². The predicted molar refractivity (Wildman–Crippen MR) is 49.0 cm³/mol. The van der Waals surface area contributed by atoms with Crippen LogP contribution in [0.15, 0.2) is 18.2 Å². The Labute approximate surface area is 76.7 Å². The van der Waals surface area contributed by atoms with Gasteiger partial charge in [-0.1, -0.05) is 6.07 Å². The van der Waals surface area contributed by atoms with Crippen LogP contribution in [0, 0.1) is 0 Å². The summed E-state index contributed by atoms with van der Waals surface area (Å²) in [4.78, 5) is 11.4. The zero-order chi connectivity index (χ0) is 9.26. The maximum Gasteiger partial charge on any atom is 0.251 e. The zero-order valence-corrected chi connectivity index (χ0v) is 7.46. The third-order valence-electron chi connectivity index (χ3n) is 2.21. The summed E-state index contributed by atoms with van der Waals surface area (Å²) in [6.07, 6.45) is 0.832. The summed E-state index contributed by atoms with van der Waals surface area (Å²) in [6, 6.07) is 5.57. The summed E-state index contributed by atoms with van der Waals surface area (Å²) in [5.74, 6) is 0.809. The van der Waals surface area contributed by atoms with Crippen LogP contribution < -0.4 is 10.1 Å². The van der Waals surface area contributed by atoms with E-state index in [4.69, 9.17) is 4.74 Å². The van der Waals surface area contributed by atoms with Gasteiger partial charge < -0.3 is 10.1 Å². The van der Waals surface area contributed by atoms with Crippen molar-refractivity contribution >= 4 is 5.91 Å². The molecule has 1 aliphatic rings. The summed E-state index contributed by atoms with van der Waals surface area (Å²) in [7, 11) is 1.64. The van der Waals surface area contributed by atoms with Gasteiger partial charge in [-0.2, -0.15) is 0 Å². The average Bonchev–Trinajstić information content (AvgIpc) is 2.63. The van der Waals surface area contributed by atoms with Crippen molar-refractivity contribution in [1.82, 2.24) is 5.32 Å². The molecule has 1 heterocycles. The predicted octanol–water partition coefficient (Wildman–Crippen LogP) is 0.981. The minimum atomic E-state index is -0.0395. The molecule has 1 aromatic rings. The van der Waals surface area contributed by atoms with Crippen molar-refractivity contribution in [3.8, 4) is 5.75 Å². The topological polar surface area (TPSA) is 38.3 Å². The number of rotatable bonds is 1. The molecule has 1 aliphatic heterocycles. The zero-order valence-electron chi connectivity index (χ0n) is 7.46. The number of carbonyl (C=O) groups is 1. The van der Waals surface area contributed by atoms with Crippen molar-refractivity contribution in [3.63, 3.8) is 0 Å². The molecule has 0 radical (unpaired) electrons. The Bertz CT molecular complexity index is 347. The summed E-state index contributed by atoms with van der Waals surface area (Å²) in [5, 5.41) is 2.62. The van der Waals surface area contributed by atoms with Crippen LogP contribution in [0.4, 0.5) is 0 Å². The molecule has 0 atom stereocenters. The molecule has 0 spiro atoms. The smallest absolute Gasteiger partial charge is 0.251 e. The Morgan fingerprint density at radius 2 is 2.38 bits per heavy atom. The Morgan fingerprint density at radius 3 is 3.15 bits per heavy atom. The van der Waals surface area contributed by atoms with E-state index in [2.05, 4.69) is 5.32 Å². The van der Waals surface area contributed by atoms with E-state index in [-0.39, 0.29) is 5.91 Å². The number of fused-ring (bicyclic) bond motifs is 1. The maximum absolute atomic E-state index is 11.4. The van der Waals surface area contributed by atoms with Crippen LogP contribution in [0.3, 0.4) is 0 Å². The second-order valence-corrected chi connectivity index (χ2v) is 2.96. The lowest BCUT2D eigenvalue weighted by Gasteiger charge is -2.04. The van der Waals surface area contributed by atoms with Crippen LogP contribution in [0.2, 0.25) is 0 Å². The number of amides is 1. The molecule has 1 N–H and O–H groups in total. The Morgan fingerprint density at radius 1 is 1.54 bits per heavy atom. The van der Waals surface area contributed by atoms with Gasteiger partial charge in [-0.05, 0) is 12.1 Å². The lowest BCUT2D eigenvalue weighted by Crippen LogP contribution is -2.19. The first-order chi connectivity index (χ1) is 6.33. The normalized spacial score (nSPS) is 13.3. The number of benzene rings is 1. The fourth-order valence-electron chi connectivity index (χ4n) is 1.57. The fourth-order valence-corrected chi connectivity index (χ4v) is 1.57. The van der Waals surface area contributed by atoms with E-state index in [0.717, 1.165) is 23.3 Å². The van der Waals surface area contributed by atoms with Crippen molar-refractivity contribution in [1.29, 1.82) is 0 Å². The minimum Gasteiger partial charge on any atom is -0.493 e. The highest BCUT2D eigenvalue weighted by molar-refractivity contribution is 5.96. The molecule has 0 fully saturated rings. The monoisotopic (exact) mass is 177 g/mol. The quantitative estimate of drug-likeness (QED) is 0.694. The molecule has 1 aromatic carbocycles. The molecule has 0 saturated heterocycles. The van der Waals surface area contributed by atoms with Gasteiger partial charge >= 0.3 is 0 Å². The molecule has 68 valence electrons. The number of carbonyl (C=O) groups excluding carboxylic acids is 1. The van der Waals surface area contributed by atoms with E-state index in [0.29, 0.717) is 6.61 Å². The highest BCUT2D eigenvalue weighted by atomic mass is 16.5. The first kappa shape index (κ1) is 8.10. The van der Waals surface area contributed by atoms with E-state index in [9.17, 15) is 4.79 Å². The number of nitrogens with one attached hydrogen (secondary N) is 1. The summed E-state index contributed by atoms with van der Waals surface area (Å²) < 4.78 is 5.35. The lowest BCUT2D eigenvalue weighted by atomic mass is 10.0. The molecule has 0 aromatic heterocycles. The van der Waals surface area contributed by atoms with Crippen molar-refractivity contribution in [2.75, 3.05) is 13.7 Å². The van der Waals surface area contributed by atoms with Gasteiger partial charge in [0.1, 0.15) is 5.75 Å². The summed E-state index contributed by atoms with van der Waals surface area (Å²) in [5.41, 5.74) is 1.76. The number of ether oxygens (including phenoxy) is 1. The van der Waals surface area contributed by atoms with Crippen molar-refractivity contribution in [2.45, 2.75) is 6.42 Å². The highest BCUT2D eigenvalue weighted by Crippen LogP contribution is 2.27. The molecular formula is C10H11NO2. The molecule has 0 bridgehead atoms. The van der Waals surface area contributed by atoms with Gasteiger partial charge in [-0.25, -0.2) is 0 Å². The largest absolute Gasteiger partial charge is 0.493 e. The van der Waals surface area contributed by atoms with Gasteiger partial charge in [0.05, 0.1) is 6.61 Å². The maximum atomic E-state index is 11.4.